The summed E-state index contributed by atoms with van der Waals surface area (Å²) in [7, 11) is 11.2. The van der Waals surface area contributed by atoms with Gasteiger partial charge in [0.25, 0.3) is 0 Å². The highest BCUT2D eigenvalue weighted by molar-refractivity contribution is 4.69. The second-order valence-electron chi connectivity index (χ2n) is 6.85. The molecule has 1 saturated heterocycles. The smallest absolute Gasteiger partial charge is 0.111 e. The maximum absolute atomic E-state index is 5.69. The predicted molar refractivity (Wildman–Crippen MR) is 103 cm³/mol. The van der Waals surface area contributed by atoms with E-state index in [4.69, 9.17) is 18.9 Å². The number of hydrogen-bond acceptors (Lipinski definition) is 8. The van der Waals surface area contributed by atoms with Gasteiger partial charge in [-0.25, -0.2) is 0 Å². The van der Waals surface area contributed by atoms with Gasteiger partial charge in [0.1, 0.15) is 24.9 Å². The quantitative estimate of drug-likeness (QED) is 0.735. The first-order valence-corrected chi connectivity index (χ1v) is 9.54. The molecule has 2 N–H and O–H groups in total. The second kappa shape index (κ2) is 13.8. The molecule has 0 spiro atoms. The van der Waals surface area contributed by atoms with Crippen molar-refractivity contribution in [2.24, 2.45) is 0 Å². The second-order valence-corrected chi connectivity index (χ2v) is 6.85. The van der Waals surface area contributed by atoms with Crippen molar-refractivity contribution in [2.75, 3.05) is 68.7 Å². The Labute approximate surface area is 159 Å². The molecule has 1 rings (SSSR count). The van der Waals surface area contributed by atoms with Crippen LogP contribution in [0.15, 0.2) is 0 Å². The lowest BCUT2D eigenvalue weighted by atomic mass is 10.2. The van der Waals surface area contributed by atoms with Crippen LogP contribution in [0, 0.1) is 0 Å². The van der Waals surface area contributed by atoms with E-state index >= 15 is 0 Å². The molecule has 8 heteroatoms. The molecule has 0 radical (unpaired) electrons. The van der Waals surface area contributed by atoms with Crippen LogP contribution in [0.4, 0.5) is 0 Å². The van der Waals surface area contributed by atoms with Crippen molar-refractivity contribution in [2.45, 2.75) is 50.6 Å². The van der Waals surface area contributed by atoms with Crippen LogP contribution < -0.4 is 10.6 Å². The van der Waals surface area contributed by atoms with Gasteiger partial charge in [-0.15, -0.1) is 0 Å². The summed E-state index contributed by atoms with van der Waals surface area (Å²) >= 11 is 0. The molecule has 8 nitrogen and oxygen atoms in total. The monoisotopic (exact) mass is 376 g/mol. The maximum Gasteiger partial charge on any atom is 0.111 e. The number of methoxy groups -OCH3 is 4. The van der Waals surface area contributed by atoms with Gasteiger partial charge in [0.2, 0.25) is 0 Å². The highest BCUT2D eigenvalue weighted by Crippen LogP contribution is 2.10. The molecular formula is C18H40N4O4. The van der Waals surface area contributed by atoms with Gasteiger partial charge in [-0.2, -0.15) is 0 Å². The van der Waals surface area contributed by atoms with Gasteiger partial charge in [-0.05, 0) is 39.8 Å². The van der Waals surface area contributed by atoms with Crippen molar-refractivity contribution < 1.29 is 18.9 Å². The molecule has 0 saturated carbocycles. The lowest BCUT2D eigenvalue weighted by molar-refractivity contribution is -0.0606. The van der Waals surface area contributed by atoms with Gasteiger partial charge in [0.05, 0.1) is 0 Å². The van der Waals surface area contributed by atoms with Crippen LogP contribution in [-0.2, 0) is 18.9 Å². The highest BCUT2D eigenvalue weighted by Gasteiger charge is 2.20. The number of rotatable bonds is 4. The van der Waals surface area contributed by atoms with Gasteiger partial charge in [0, 0.05) is 54.6 Å². The van der Waals surface area contributed by atoms with Crippen molar-refractivity contribution in [3.05, 3.63) is 0 Å². The minimum absolute atomic E-state index is 0.0243. The molecule has 0 aromatic carbocycles. The number of nitrogens with one attached hydrogen (secondary N) is 2. The van der Waals surface area contributed by atoms with Crippen molar-refractivity contribution in [3.63, 3.8) is 0 Å². The van der Waals surface area contributed by atoms with Crippen molar-refractivity contribution in [1.82, 2.24) is 20.4 Å². The molecule has 4 unspecified atom stereocenters. The molecule has 4 atom stereocenters. The maximum atomic E-state index is 5.69. The normalized spacial score (nSPS) is 32.5. The van der Waals surface area contributed by atoms with Gasteiger partial charge < -0.3 is 18.9 Å². The number of hydrogen-bond donors (Lipinski definition) is 2. The molecule has 0 aliphatic carbocycles. The first-order valence-electron chi connectivity index (χ1n) is 9.54. The van der Waals surface area contributed by atoms with Crippen LogP contribution in [0.1, 0.15) is 25.7 Å². The van der Waals surface area contributed by atoms with Gasteiger partial charge >= 0.3 is 0 Å². The van der Waals surface area contributed by atoms with Crippen LogP contribution in [0.2, 0.25) is 0 Å². The Morgan fingerprint density at radius 1 is 0.615 bits per heavy atom. The summed E-state index contributed by atoms with van der Waals surface area (Å²) in [5.41, 5.74) is 0. The average Bonchev–Trinajstić information content (AvgIpc) is 2.65. The van der Waals surface area contributed by atoms with E-state index in [0.29, 0.717) is 0 Å². The zero-order chi connectivity index (χ0) is 19.4. The van der Waals surface area contributed by atoms with E-state index in [2.05, 4.69) is 34.5 Å². The van der Waals surface area contributed by atoms with Crippen LogP contribution in [0.3, 0.4) is 0 Å². The number of nitrogens with zero attached hydrogens (tertiary/aromatic N) is 2. The van der Waals surface area contributed by atoms with E-state index < -0.39 is 0 Å². The van der Waals surface area contributed by atoms with E-state index in [9.17, 15) is 0 Å². The molecule has 0 aromatic heterocycles. The molecule has 0 bridgehead atoms. The first kappa shape index (κ1) is 23.7. The zero-order valence-electron chi connectivity index (χ0n) is 17.5. The predicted octanol–water partition coefficient (Wildman–Crippen LogP) is 0.493. The topological polar surface area (TPSA) is 67.5 Å². The molecule has 0 aromatic rings. The summed E-state index contributed by atoms with van der Waals surface area (Å²) in [5.74, 6) is 0. The van der Waals surface area contributed by atoms with Gasteiger partial charge in [0.15, 0.2) is 0 Å². The molecule has 26 heavy (non-hydrogen) atoms. The summed E-state index contributed by atoms with van der Waals surface area (Å²) in [4.78, 5) is 4.49. The van der Waals surface area contributed by atoms with Crippen molar-refractivity contribution in [1.29, 1.82) is 0 Å². The molecule has 0 amide bonds. The number of ether oxygens (including phenoxy) is 4. The standard InChI is InChI=1S/C18H40N4O4/c1-21-13-9-16(24-4)19-11-7-15(23-3)20-12-8-17(25-5)22(2)14-10-18(21)26-6/h15-20H,7-14H2,1-6H3. The fourth-order valence-electron chi connectivity index (χ4n) is 3.31. The third kappa shape index (κ3) is 8.58. The average molecular weight is 377 g/mol. The van der Waals surface area contributed by atoms with Crippen LogP contribution in [-0.4, -0.2) is 103 Å². The molecule has 1 fully saturated rings. The molecule has 1 aliphatic heterocycles. The zero-order valence-corrected chi connectivity index (χ0v) is 17.5. The largest absolute Gasteiger partial charge is 0.367 e. The van der Waals surface area contributed by atoms with E-state index in [1.807, 2.05) is 0 Å². The Balaban J connectivity index is 2.72. The molecule has 1 heterocycles. The Kier molecular flexibility index (Phi) is 12.6. The fourth-order valence-corrected chi connectivity index (χ4v) is 3.31. The Morgan fingerprint density at radius 3 is 1.62 bits per heavy atom. The van der Waals surface area contributed by atoms with Crippen LogP contribution in [0.25, 0.3) is 0 Å². The van der Waals surface area contributed by atoms with Crippen molar-refractivity contribution >= 4 is 0 Å². The van der Waals surface area contributed by atoms with E-state index in [0.717, 1.165) is 51.9 Å². The first-order chi connectivity index (χ1) is 12.5. The van der Waals surface area contributed by atoms with Gasteiger partial charge in [-0.1, -0.05) is 0 Å². The minimum Gasteiger partial charge on any atom is -0.367 e. The Morgan fingerprint density at radius 2 is 1.08 bits per heavy atom. The van der Waals surface area contributed by atoms with E-state index in [1.165, 1.54) is 0 Å². The summed E-state index contributed by atoms with van der Waals surface area (Å²) in [6.45, 7) is 3.46. The van der Waals surface area contributed by atoms with Gasteiger partial charge in [-0.3, -0.25) is 20.4 Å². The summed E-state index contributed by atoms with van der Waals surface area (Å²) in [6, 6.07) is 0. The molecule has 156 valence electrons. The lowest BCUT2D eigenvalue weighted by Gasteiger charge is -2.32. The third-order valence-electron chi connectivity index (χ3n) is 5.11. The third-order valence-corrected chi connectivity index (χ3v) is 5.11. The summed E-state index contributed by atoms with van der Waals surface area (Å²) in [6.07, 6.45) is 3.80. The Bertz CT molecular complexity index is 351. The van der Waals surface area contributed by atoms with Crippen LogP contribution in [0.5, 0.6) is 0 Å². The summed E-state index contributed by atoms with van der Waals surface area (Å²) < 4.78 is 22.5. The molecular weight excluding hydrogens is 336 g/mol. The fraction of sp³-hybridized carbons (Fsp3) is 1.00. The Hall–Kier alpha value is -0.320. The highest BCUT2D eigenvalue weighted by atomic mass is 16.5. The van der Waals surface area contributed by atoms with Crippen molar-refractivity contribution in [3.8, 4) is 0 Å². The lowest BCUT2D eigenvalue weighted by Crippen LogP contribution is -2.44. The van der Waals surface area contributed by atoms with E-state index in [1.54, 1.807) is 28.4 Å². The minimum atomic E-state index is 0.0243. The van der Waals surface area contributed by atoms with E-state index in [-0.39, 0.29) is 24.9 Å². The van der Waals surface area contributed by atoms with Crippen LogP contribution >= 0.6 is 0 Å². The summed E-state index contributed by atoms with van der Waals surface area (Å²) in [5, 5.41) is 6.91. The SMILES string of the molecule is COC1CCNC(OC)CCN(C)C(OC)CCN(C)C(OC)CCN1. The molecule has 1 aliphatic rings.